The van der Waals surface area contributed by atoms with Crippen LogP contribution in [0.1, 0.15) is 23.1 Å². The Morgan fingerprint density at radius 2 is 2.19 bits per heavy atom. The van der Waals surface area contributed by atoms with Gasteiger partial charge in [-0.15, -0.1) is 0 Å². The van der Waals surface area contributed by atoms with Crippen molar-refractivity contribution in [3.8, 4) is 0 Å². The first-order valence-electron chi connectivity index (χ1n) is 8.01. The number of aliphatic hydroxyl groups excluding tert-OH is 2. The molecule has 3 atom stereocenters. The molecule has 0 aliphatic carbocycles. The molecule has 3 aromatic rings. The highest BCUT2D eigenvalue weighted by Gasteiger charge is 2.35. The number of ether oxygens (including phenoxy) is 1. The van der Waals surface area contributed by atoms with Crippen LogP contribution in [0.4, 0.5) is 5.82 Å². The van der Waals surface area contributed by atoms with E-state index in [4.69, 9.17) is 4.74 Å². The van der Waals surface area contributed by atoms with Crippen LogP contribution in [-0.4, -0.2) is 59.4 Å². The van der Waals surface area contributed by atoms with Crippen molar-refractivity contribution in [3.05, 3.63) is 42.7 Å². The summed E-state index contributed by atoms with van der Waals surface area (Å²) in [5.74, 6) is -0.158. The van der Waals surface area contributed by atoms with Crippen LogP contribution in [0.2, 0.25) is 0 Å². The van der Waals surface area contributed by atoms with Crippen LogP contribution < -0.4 is 5.32 Å². The summed E-state index contributed by atoms with van der Waals surface area (Å²) in [5, 5.41) is 21.8. The minimum absolute atomic E-state index is 0.252. The Morgan fingerprint density at radius 3 is 2.92 bits per heavy atom. The first kappa shape index (κ1) is 16.5. The maximum atomic E-state index is 12.3. The smallest absolute Gasteiger partial charge is 0.275 e. The third-order valence-electron chi connectivity index (χ3n) is 4.18. The Morgan fingerprint density at radius 1 is 1.31 bits per heavy atom. The molecule has 10 nitrogen and oxygen atoms in total. The summed E-state index contributed by atoms with van der Waals surface area (Å²) in [7, 11) is 0. The molecule has 26 heavy (non-hydrogen) atoms. The summed E-state index contributed by atoms with van der Waals surface area (Å²) in [6, 6.07) is 5.03. The molecule has 0 radical (unpaired) electrons. The van der Waals surface area contributed by atoms with Gasteiger partial charge in [0.1, 0.15) is 24.4 Å². The van der Waals surface area contributed by atoms with Gasteiger partial charge in [-0.25, -0.2) is 15.0 Å². The summed E-state index contributed by atoms with van der Waals surface area (Å²) >= 11 is 0. The number of anilines is 1. The molecule has 1 aliphatic rings. The molecule has 10 heteroatoms. The van der Waals surface area contributed by atoms with E-state index in [2.05, 4.69) is 25.3 Å². The van der Waals surface area contributed by atoms with E-state index in [9.17, 15) is 15.0 Å². The number of fused-ring (bicyclic) bond motifs is 1. The van der Waals surface area contributed by atoms with Gasteiger partial charge in [-0.2, -0.15) is 0 Å². The van der Waals surface area contributed by atoms with E-state index in [1.54, 1.807) is 22.8 Å². The molecule has 3 aromatic heterocycles. The van der Waals surface area contributed by atoms with Crippen LogP contribution in [0.25, 0.3) is 11.2 Å². The summed E-state index contributed by atoms with van der Waals surface area (Å²) < 4.78 is 7.28. The zero-order valence-electron chi connectivity index (χ0n) is 13.6. The number of carbonyl (C=O) groups is 1. The highest BCUT2D eigenvalue weighted by atomic mass is 16.5. The summed E-state index contributed by atoms with van der Waals surface area (Å²) in [5.41, 5.74) is 1.10. The molecule has 0 saturated carbocycles. The van der Waals surface area contributed by atoms with Crippen molar-refractivity contribution in [1.82, 2.24) is 24.5 Å². The average Bonchev–Trinajstić information content (AvgIpc) is 3.26. The second-order valence-electron chi connectivity index (χ2n) is 5.83. The molecule has 0 spiro atoms. The van der Waals surface area contributed by atoms with Crippen LogP contribution in [0.3, 0.4) is 0 Å². The fraction of sp³-hybridized carbons (Fsp3) is 0.312. The fourth-order valence-electron chi connectivity index (χ4n) is 2.87. The standard InChI is InChI=1S/C16H16N6O4/c23-6-11-10(24)5-12(26-11)22-8-20-13-14(18-7-19-15(13)22)21-16(25)9-3-1-2-4-17-9/h1-4,7-8,10-12,23-24H,5-6H2,(H,18,19,21,25). The van der Waals surface area contributed by atoms with Gasteiger partial charge < -0.3 is 20.3 Å². The molecule has 4 heterocycles. The number of hydrogen-bond donors (Lipinski definition) is 3. The van der Waals surface area contributed by atoms with Gasteiger partial charge in [0.05, 0.1) is 19.0 Å². The number of aliphatic hydroxyl groups is 2. The third-order valence-corrected chi connectivity index (χ3v) is 4.18. The molecule has 1 fully saturated rings. The number of hydrogen-bond acceptors (Lipinski definition) is 8. The predicted molar refractivity (Wildman–Crippen MR) is 89.1 cm³/mol. The lowest BCUT2D eigenvalue weighted by molar-refractivity contribution is -0.0432. The second-order valence-corrected chi connectivity index (χ2v) is 5.83. The van der Waals surface area contributed by atoms with Crippen molar-refractivity contribution in [1.29, 1.82) is 0 Å². The lowest BCUT2D eigenvalue weighted by Crippen LogP contribution is -2.24. The Kier molecular flexibility index (Phi) is 4.29. The van der Waals surface area contributed by atoms with Crippen LogP contribution in [0.15, 0.2) is 37.1 Å². The number of imidazole rings is 1. The minimum Gasteiger partial charge on any atom is -0.394 e. The van der Waals surface area contributed by atoms with E-state index in [1.165, 1.54) is 18.9 Å². The molecule has 1 aliphatic heterocycles. The van der Waals surface area contributed by atoms with Gasteiger partial charge in [0, 0.05) is 12.6 Å². The number of nitrogens with zero attached hydrogens (tertiary/aromatic N) is 5. The minimum atomic E-state index is -0.771. The van der Waals surface area contributed by atoms with Crippen molar-refractivity contribution in [2.24, 2.45) is 0 Å². The Balaban J connectivity index is 1.63. The van der Waals surface area contributed by atoms with Gasteiger partial charge in [0.25, 0.3) is 5.91 Å². The second kappa shape index (κ2) is 6.75. The van der Waals surface area contributed by atoms with E-state index >= 15 is 0 Å². The molecule has 0 aromatic carbocycles. The third kappa shape index (κ3) is 2.90. The zero-order valence-corrected chi connectivity index (χ0v) is 13.6. The van der Waals surface area contributed by atoms with Gasteiger partial charge in [-0.05, 0) is 12.1 Å². The van der Waals surface area contributed by atoms with Crippen LogP contribution in [0.5, 0.6) is 0 Å². The van der Waals surface area contributed by atoms with Crippen molar-refractivity contribution in [3.63, 3.8) is 0 Å². The molecular weight excluding hydrogens is 340 g/mol. The topological polar surface area (TPSA) is 135 Å². The number of nitrogens with one attached hydrogen (secondary N) is 1. The van der Waals surface area contributed by atoms with E-state index in [0.29, 0.717) is 17.6 Å². The van der Waals surface area contributed by atoms with E-state index in [-0.39, 0.29) is 18.1 Å². The Hall–Kier alpha value is -2.95. The van der Waals surface area contributed by atoms with Gasteiger partial charge in [0.2, 0.25) is 0 Å². The monoisotopic (exact) mass is 356 g/mol. The highest BCUT2D eigenvalue weighted by Crippen LogP contribution is 2.31. The average molecular weight is 356 g/mol. The number of pyridine rings is 1. The molecule has 1 amide bonds. The molecule has 4 rings (SSSR count). The Bertz CT molecular complexity index is 931. The largest absolute Gasteiger partial charge is 0.394 e. The van der Waals surface area contributed by atoms with Gasteiger partial charge in [-0.3, -0.25) is 14.3 Å². The van der Waals surface area contributed by atoms with Crippen molar-refractivity contribution >= 4 is 22.9 Å². The summed E-state index contributed by atoms with van der Waals surface area (Å²) in [4.78, 5) is 28.8. The first-order chi connectivity index (χ1) is 12.7. The number of carbonyl (C=O) groups excluding carboxylic acids is 1. The molecule has 0 bridgehead atoms. The lowest BCUT2D eigenvalue weighted by atomic mass is 10.2. The molecular formula is C16H16N6O4. The highest BCUT2D eigenvalue weighted by molar-refractivity contribution is 6.05. The number of aromatic nitrogens is 5. The molecule has 3 N–H and O–H groups in total. The fourth-order valence-corrected chi connectivity index (χ4v) is 2.87. The maximum Gasteiger partial charge on any atom is 0.275 e. The van der Waals surface area contributed by atoms with Crippen molar-refractivity contribution < 1.29 is 19.7 Å². The number of amides is 1. The molecule has 3 unspecified atom stereocenters. The van der Waals surface area contributed by atoms with Gasteiger partial charge in [-0.1, -0.05) is 6.07 Å². The zero-order chi connectivity index (χ0) is 18.1. The van der Waals surface area contributed by atoms with Crippen molar-refractivity contribution in [2.75, 3.05) is 11.9 Å². The van der Waals surface area contributed by atoms with Crippen LogP contribution in [-0.2, 0) is 4.74 Å². The maximum absolute atomic E-state index is 12.3. The SMILES string of the molecule is O=C(Nc1ncnc2c1ncn2C1CC(O)C(CO)O1)c1ccccn1. The van der Waals surface area contributed by atoms with Gasteiger partial charge in [0.15, 0.2) is 17.0 Å². The normalized spacial score (nSPS) is 22.6. The number of rotatable bonds is 4. The molecule has 1 saturated heterocycles. The van der Waals surface area contributed by atoms with E-state index < -0.39 is 24.3 Å². The molecule has 134 valence electrons. The van der Waals surface area contributed by atoms with Crippen LogP contribution >= 0.6 is 0 Å². The summed E-state index contributed by atoms with van der Waals surface area (Å²) in [6.45, 7) is -0.273. The summed E-state index contributed by atoms with van der Waals surface area (Å²) in [6.07, 6.45) is 2.71. The quantitative estimate of drug-likeness (QED) is 0.599. The van der Waals surface area contributed by atoms with E-state index in [0.717, 1.165) is 0 Å². The van der Waals surface area contributed by atoms with Crippen molar-refractivity contribution in [2.45, 2.75) is 24.9 Å². The van der Waals surface area contributed by atoms with E-state index in [1.807, 2.05) is 0 Å². The van der Waals surface area contributed by atoms with Gasteiger partial charge >= 0.3 is 0 Å². The Labute approximate surface area is 147 Å². The first-order valence-corrected chi connectivity index (χ1v) is 8.01. The van der Waals surface area contributed by atoms with Crippen LogP contribution in [0, 0.1) is 0 Å². The predicted octanol–water partition coefficient (Wildman–Crippen LogP) is 0.114. The lowest BCUT2D eigenvalue weighted by Gasteiger charge is -2.13.